The normalized spacial score (nSPS) is 22.5. The van der Waals surface area contributed by atoms with Crippen LogP contribution in [-0.4, -0.2) is 63.5 Å². The molecule has 4 rings (SSSR count). The molecular weight excluding hydrogens is 456 g/mol. The van der Waals surface area contributed by atoms with E-state index in [1.165, 1.54) is 5.56 Å². The van der Waals surface area contributed by atoms with E-state index in [0.29, 0.717) is 24.7 Å². The van der Waals surface area contributed by atoms with Gasteiger partial charge in [0, 0.05) is 35.3 Å². The number of piperazine rings is 1. The molecular formula is C20H22BBrClN3O3. The van der Waals surface area contributed by atoms with Crippen LogP contribution in [0, 0.1) is 0 Å². The Morgan fingerprint density at radius 2 is 2.03 bits per heavy atom. The fraction of sp³-hybridized carbons (Fsp3) is 0.400. The van der Waals surface area contributed by atoms with Crippen molar-refractivity contribution in [1.29, 1.82) is 0 Å². The predicted molar refractivity (Wildman–Crippen MR) is 116 cm³/mol. The van der Waals surface area contributed by atoms with Gasteiger partial charge in [0.1, 0.15) is 6.04 Å². The summed E-state index contributed by atoms with van der Waals surface area (Å²) in [7, 11) is -0.806. The molecule has 29 heavy (non-hydrogen) atoms. The minimum Gasteiger partial charge on any atom is -0.480 e. The maximum Gasteiger partial charge on any atom is 0.377 e. The van der Waals surface area contributed by atoms with Gasteiger partial charge in [-0.05, 0) is 70.5 Å². The number of carboxylic acids is 1. The van der Waals surface area contributed by atoms with E-state index in [2.05, 4.69) is 26.9 Å². The van der Waals surface area contributed by atoms with E-state index in [9.17, 15) is 14.9 Å². The summed E-state index contributed by atoms with van der Waals surface area (Å²) in [4.78, 5) is 20.5. The average molecular weight is 479 g/mol. The van der Waals surface area contributed by atoms with Gasteiger partial charge in [0.05, 0.1) is 11.7 Å². The van der Waals surface area contributed by atoms with Crippen molar-refractivity contribution in [2.24, 2.45) is 0 Å². The van der Waals surface area contributed by atoms with Gasteiger partial charge in [-0.2, -0.15) is 0 Å². The van der Waals surface area contributed by atoms with E-state index in [0.717, 1.165) is 34.1 Å². The lowest BCUT2D eigenvalue weighted by Gasteiger charge is -2.43. The lowest BCUT2D eigenvalue weighted by molar-refractivity contribution is -0.144. The highest BCUT2D eigenvalue weighted by Crippen LogP contribution is 2.38. The number of fused-ring (bicyclic) bond motifs is 2. The van der Waals surface area contributed by atoms with Crippen molar-refractivity contribution in [2.45, 2.75) is 31.7 Å². The summed E-state index contributed by atoms with van der Waals surface area (Å²) in [5, 5.41) is 20.5. The largest absolute Gasteiger partial charge is 0.480 e. The van der Waals surface area contributed by atoms with Gasteiger partial charge in [0.25, 0.3) is 0 Å². The van der Waals surface area contributed by atoms with Crippen LogP contribution in [-0.2, 0) is 17.6 Å². The van der Waals surface area contributed by atoms with E-state index in [-0.39, 0.29) is 6.04 Å². The number of aromatic nitrogens is 1. The molecule has 6 nitrogen and oxygen atoms in total. The number of pyridine rings is 1. The van der Waals surface area contributed by atoms with Gasteiger partial charge in [-0.3, -0.25) is 14.7 Å². The van der Waals surface area contributed by atoms with Crippen LogP contribution in [0.1, 0.15) is 28.4 Å². The third kappa shape index (κ3) is 4.09. The van der Waals surface area contributed by atoms with E-state index >= 15 is 0 Å². The van der Waals surface area contributed by atoms with Crippen molar-refractivity contribution in [2.75, 3.05) is 19.6 Å². The van der Waals surface area contributed by atoms with Crippen molar-refractivity contribution in [3.05, 3.63) is 62.3 Å². The van der Waals surface area contributed by atoms with Gasteiger partial charge in [0.15, 0.2) is 0 Å². The Hall–Kier alpha value is -1.45. The molecule has 1 unspecified atom stereocenters. The second-order valence-corrected chi connectivity index (χ2v) is 9.01. The lowest BCUT2D eigenvalue weighted by Crippen LogP contribution is -2.61. The van der Waals surface area contributed by atoms with Gasteiger partial charge in [-0.1, -0.05) is 17.7 Å². The third-order valence-electron chi connectivity index (χ3n) is 5.87. The first-order valence-electron chi connectivity index (χ1n) is 9.68. The summed E-state index contributed by atoms with van der Waals surface area (Å²) in [6, 6.07) is 7.11. The predicted octanol–water partition coefficient (Wildman–Crippen LogP) is 2.87. The topological polar surface area (TPSA) is 76.9 Å². The van der Waals surface area contributed by atoms with Crippen LogP contribution in [0.25, 0.3) is 0 Å². The highest BCUT2D eigenvalue weighted by molar-refractivity contribution is 9.10. The fourth-order valence-corrected chi connectivity index (χ4v) is 5.08. The van der Waals surface area contributed by atoms with Gasteiger partial charge in [-0.25, -0.2) is 0 Å². The monoisotopic (exact) mass is 477 g/mol. The van der Waals surface area contributed by atoms with E-state index in [1.807, 2.05) is 18.2 Å². The SMILES string of the molecule is CB(O)N1CCN(C2c3ccc(Cl)cc3CCc3cc(Br)cnc32)C[C@@H]1C(=O)O. The summed E-state index contributed by atoms with van der Waals surface area (Å²) in [6.45, 7) is 3.03. The van der Waals surface area contributed by atoms with Crippen molar-refractivity contribution in [1.82, 2.24) is 14.7 Å². The van der Waals surface area contributed by atoms with Crippen LogP contribution in [0.2, 0.25) is 11.8 Å². The Kier molecular flexibility index (Phi) is 6.00. The second kappa shape index (κ2) is 8.36. The Morgan fingerprint density at radius 1 is 1.28 bits per heavy atom. The zero-order valence-electron chi connectivity index (χ0n) is 16.1. The third-order valence-corrected chi connectivity index (χ3v) is 6.54. The average Bonchev–Trinajstić information content (AvgIpc) is 2.83. The molecule has 2 aliphatic rings. The molecule has 1 aliphatic carbocycles. The minimum atomic E-state index is -0.926. The Bertz CT molecular complexity index is 892. The summed E-state index contributed by atoms with van der Waals surface area (Å²) in [6.07, 6.45) is 3.50. The molecule has 2 heterocycles. The van der Waals surface area contributed by atoms with Crippen molar-refractivity contribution < 1.29 is 14.9 Å². The van der Waals surface area contributed by atoms with Gasteiger partial charge in [0.2, 0.25) is 0 Å². The minimum absolute atomic E-state index is 0.147. The Labute approximate surface area is 183 Å². The summed E-state index contributed by atoms with van der Waals surface area (Å²) < 4.78 is 0.932. The lowest BCUT2D eigenvalue weighted by atomic mass is 9.81. The molecule has 1 aromatic carbocycles. The van der Waals surface area contributed by atoms with Crippen molar-refractivity contribution >= 4 is 40.6 Å². The first kappa shape index (κ1) is 20.8. The molecule has 1 aromatic heterocycles. The number of aliphatic carboxylic acids is 1. The van der Waals surface area contributed by atoms with E-state index < -0.39 is 19.1 Å². The molecule has 0 amide bonds. The Morgan fingerprint density at radius 3 is 2.76 bits per heavy atom. The molecule has 1 fully saturated rings. The van der Waals surface area contributed by atoms with Gasteiger partial charge in [-0.15, -0.1) is 0 Å². The van der Waals surface area contributed by atoms with Crippen LogP contribution in [0.15, 0.2) is 34.9 Å². The highest BCUT2D eigenvalue weighted by Gasteiger charge is 2.40. The highest BCUT2D eigenvalue weighted by atomic mass is 79.9. The van der Waals surface area contributed by atoms with Crippen molar-refractivity contribution in [3.8, 4) is 0 Å². The number of hydrogen-bond acceptors (Lipinski definition) is 5. The summed E-state index contributed by atoms with van der Waals surface area (Å²) in [5.74, 6) is -0.926. The number of hydrogen-bond donors (Lipinski definition) is 2. The van der Waals surface area contributed by atoms with Crippen molar-refractivity contribution in [3.63, 3.8) is 0 Å². The summed E-state index contributed by atoms with van der Waals surface area (Å²) in [5.41, 5.74) is 4.41. The van der Waals surface area contributed by atoms with Gasteiger partial charge >= 0.3 is 13.0 Å². The van der Waals surface area contributed by atoms with Gasteiger partial charge < -0.3 is 14.9 Å². The van der Waals surface area contributed by atoms with Crippen LogP contribution in [0.5, 0.6) is 0 Å². The molecule has 0 saturated carbocycles. The molecule has 152 valence electrons. The molecule has 0 radical (unpaired) electrons. The zero-order valence-corrected chi connectivity index (χ0v) is 18.4. The first-order valence-corrected chi connectivity index (χ1v) is 10.9. The smallest absolute Gasteiger partial charge is 0.377 e. The number of halogens is 2. The van der Waals surface area contributed by atoms with Crippen LogP contribution < -0.4 is 0 Å². The van der Waals surface area contributed by atoms with Crippen LogP contribution in [0.4, 0.5) is 0 Å². The maximum absolute atomic E-state index is 11.9. The molecule has 0 spiro atoms. The van der Waals surface area contributed by atoms with Crippen LogP contribution >= 0.6 is 27.5 Å². The number of carbonyl (C=O) groups is 1. The zero-order chi connectivity index (χ0) is 20.7. The second-order valence-electron chi connectivity index (χ2n) is 7.66. The number of nitrogens with zero attached hydrogens (tertiary/aromatic N) is 3. The quantitative estimate of drug-likeness (QED) is 0.661. The molecule has 9 heteroatoms. The number of benzene rings is 1. The molecule has 1 saturated heterocycles. The molecule has 2 aromatic rings. The Balaban J connectivity index is 1.79. The maximum atomic E-state index is 11.9. The standard InChI is InChI=1S/C20H22BBrClN3O3/c1-21(29)26-7-6-25(11-17(26)20(27)28)19-16-5-4-15(23)9-12(16)2-3-13-8-14(22)10-24-18(13)19/h4-5,8-10,17,19,29H,2-3,6-7,11H2,1H3,(H,27,28)/t17-,19?/m1/s1. The fourth-order valence-electron chi connectivity index (χ4n) is 4.50. The number of aryl methyl sites for hydroxylation is 2. The van der Waals surface area contributed by atoms with E-state index in [1.54, 1.807) is 17.8 Å². The molecule has 2 atom stereocenters. The molecule has 1 aliphatic heterocycles. The summed E-state index contributed by atoms with van der Waals surface area (Å²) >= 11 is 9.79. The molecule has 0 bridgehead atoms. The first-order chi connectivity index (χ1) is 13.8. The number of carboxylic acid groups (broad SMARTS) is 1. The van der Waals surface area contributed by atoms with Crippen LogP contribution in [0.3, 0.4) is 0 Å². The molecule has 2 N–H and O–H groups in total. The number of rotatable bonds is 3. The van der Waals surface area contributed by atoms with E-state index in [4.69, 9.17) is 16.6 Å².